The molecule has 0 saturated carbocycles. The molecule has 1 aliphatic heterocycles. The predicted octanol–water partition coefficient (Wildman–Crippen LogP) is 3.91. The van der Waals surface area contributed by atoms with Crippen molar-refractivity contribution in [3.63, 3.8) is 0 Å². The molecule has 0 amide bonds. The fraction of sp³-hybridized carbons (Fsp3) is 0.350. The number of anilines is 1. The van der Waals surface area contributed by atoms with Crippen molar-refractivity contribution >= 4 is 35.6 Å². The normalized spacial score (nSPS) is 16.6. The molecule has 0 radical (unpaired) electrons. The van der Waals surface area contributed by atoms with Crippen LogP contribution in [0.2, 0.25) is 0 Å². The highest BCUT2D eigenvalue weighted by Crippen LogP contribution is 2.24. The summed E-state index contributed by atoms with van der Waals surface area (Å²) in [4.78, 5) is 6.23. The van der Waals surface area contributed by atoms with E-state index in [2.05, 4.69) is 20.5 Å². The smallest absolute Gasteiger partial charge is 0.191 e. The first-order chi connectivity index (χ1) is 13.0. The molecule has 3 rings (SSSR count). The number of rotatable bonds is 5. The highest BCUT2D eigenvalue weighted by atomic mass is 127. The van der Waals surface area contributed by atoms with E-state index in [0.717, 1.165) is 31.1 Å². The van der Waals surface area contributed by atoms with E-state index >= 15 is 0 Å². The van der Waals surface area contributed by atoms with E-state index in [4.69, 9.17) is 0 Å². The Morgan fingerprint density at radius 3 is 2.64 bits per heavy atom. The molecule has 1 heterocycles. The number of nitrogens with zero attached hydrogens (tertiary/aromatic N) is 2. The fourth-order valence-corrected chi connectivity index (χ4v) is 3.21. The summed E-state index contributed by atoms with van der Waals surface area (Å²) in [6.45, 7) is 2.75. The first-order valence-electron chi connectivity index (χ1n) is 8.94. The van der Waals surface area contributed by atoms with Crippen molar-refractivity contribution < 1.29 is 13.2 Å². The zero-order valence-electron chi connectivity index (χ0n) is 15.6. The van der Waals surface area contributed by atoms with Crippen LogP contribution in [0.25, 0.3) is 0 Å². The molecular weight excluding hydrogens is 480 g/mol. The summed E-state index contributed by atoms with van der Waals surface area (Å²) >= 11 is 0. The molecule has 1 aliphatic rings. The lowest BCUT2D eigenvalue weighted by Crippen LogP contribution is -2.40. The van der Waals surface area contributed by atoms with Crippen molar-refractivity contribution in [2.24, 2.45) is 10.9 Å². The van der Waals surface area contributed by atoms with Crippen LogP contribution in [0.5, 0.6) is 0 Å². The lowest BCUT2D eigenvalue weighted by Gasteiger charge is -2.19. The van der Waals surface area contributed by atoms with Gasteiger partial charge in [-0.05, 0) is 42.2 Å². The standard InChI is InChI=1S/C20H23F3N4.HI/c1-24-20(25-11-14-3-2-4-16(21)9-14)26-12-15-7-8-27(13-15)17-5-6-18(22)19(23)10-17;/h2-6,9-10,15H,7-8,11-13H2,1H3,(H2,24,25,26);1H. The summed E-state index contributed by atoms with van der Waals surface area (Å²) in [7, 11) is 1.68. The minimum atomic E-state index is -0.829. The van der Waals surface area contributed by atoms with Crippen LogP contribution >= 0.6 is 24.0 Å². The van der Waals surface area contributed by atoms with Crippen molar-refractivity contribution in [2.45, 2.75) is 13.0 Å². The molecule has 1 saturated heterocycles. The lowest BCUT2D eigenvalue weighted by molar-refractivity contribution is 0.508. The maximum absolute atomic E-state index is 13.4. The van der Waals surface area contributed by atoms with Crippen LogP contribution in [0, 0.1) is 23.4 Å². The summed E-state index contributed by atoms with van der Waals surface area (Å²) in [5.74, 6) is -0.905. The van der Waals surface area contributed by atoms with Crippen LogP contribution in [-0.4, -0.2) is 32.6 Å². The van der Waals surface area contributed by atoms with E-state index in [1.165, 1.54) is 18.2 Å². The molecular formula is C20H24F3IN4. The number of halogens is 4. The third kappa shape index (κ3) is 6.02. The van der Waals surface area contributed by atoms with Crippen LogP contribution in [0.1, 0.15) is 12.0 Å². The Labute approximate surface area is 180 Å². The molecule has 1 fully saturated rings. The Hall–Kier alpha value is -1.97. The molecule has 2 N–H and O–H groups in total. The summed E-state index contributed by atoms with van der Waals surface area (Å²) in [6.07, 6.45) is 0.951. The number of hydrogen-bond acceptors (Lipinski definition) is 2. The third-order valence-corrected chi connectivity index (χ3v) is 4.68. The van der Waals surface area contributed by atoms with Gasteiger partial charge in [0.05, 0.1) is 0 Å². The minimum absolute atomic E-state index is 0. The van der Waals surface area contributed by atoms with Crippen molar-refractivity contribution in [1.29, 1.82) is 0 Å². The zero-order valence-corrected chi connectivity index (χ0v) is 17.9. The maximum Gasteiger partial charge on any atom is 0.191 e. The minimum Gasteiger partial charge on any atom is -0.371 e. The molecule has 0 spiro atoms. The van der Waals surface area contributed by atoms with Gasteiger partial charge in [-0.1, -0.05) is 12.1 Å². The van der Waals surface area contributed by atoms with Crippen molar-refractivity contribution in [2.75, 3.05) is 31.6 Å². The number of aliphatic imine (C=N–C) groups is 1. The van der Waals surface area contributed by atoms with E-state index in [1.54, 1.807) is 19.2 Å². The van der Waals surface area contributed by atoms with Gasteiger partial charge in [0.2, 0.25) is 0 Å². The number of benzene rings is 2. The number of guanidine groups is 1. The van der Waals surface area contributed by atoms with Gasteiger partial charge in [0, 0.05) is 45.0 Å². The first-order valence-corrected chi connectivity index (χ1v) is 8.94. The van der Waals surface area contributed by atoms with Gasteiger partial charge in [-0.25, -0.2) is 13.2 Å². The Bertz CT molecular complexity index is 816. The molecule has 2 aromatic rings. The average Bonchev–Trinajstić information content (AvgIpc) is 3.13. The lowest BCUT2D eigenvalue weighted by atomic mass is 10.1. The molecule has 1 unspecified atom stereocenters. The van der Waals surface area contributed by atoms with E-state index in [9.17, 15) is 13.2 Å². The monoisotopic (exact) mass is 504 g/mol. The summed E-state index contributed by atoms with van der Waals surface area (Å²) in [5.41, 5.74) is 1.54. The van der Waals surface area contributed by atoms with Crippen molar-refractivity contribution in [1.82, 2.24) is 10.6 Å². The van der Waals surface area contributed by atoms with Crippen LogP contribution in [0.15, 0.2) is 47.5 Å². The van der Waals surface area contributed by atoms with E-state index < -0.39 is 11.6 Å². The largest absolute Gasteiger partial charge is 0.371 e. The molecule has 2 aromatic carbocycles. The summed E-state index contributed by atoms with van der Waals surface area (Å²) < 4.78 is 39.7. The van der Waals surface area contributed by atoms with Crippen molar-refractivity contribution in [3.8, 4) is 0 Å². The molecule has 0 aromatic heterocycles. The SMILES string of the molecule is CN=C(NCc1cccc(F)c1)NCC1CCN(c2ccc(F)c(F)c2)C1.I. The molecule has 28 heavy (non-hydrogen) atoms. The Morgan fingerprint density at radius 1 is 1.11 bits per heavy atom. The van der Waals surface area contributed by atoms with Crippen LogP contribution in [-0.2, 0) is 6.54 Å². The van der Waals surface area contributed by atoms with Gasteiger partial charge in [-0.2, -0.15) is 0 Å². The fourth-order valence-electron chi connectivity index (χ4n) is 3.21. The number of nitrogens with one attached hydrogen (secondary N) is 2. The topological polar surface area (TPSA) is 39.7 Å². The quantitative estimate of drug-likeness (QED) is 0.369. The average molecular weight is 504 g/mol. The van der Waals surface area contributed by atoms with Crippen LogP contribution in [0.3, 0.4) is 0 Å². The molecule has 1 atom stereocenters. The van der Waals surface area contributed by atoms with E-state index in [0.29, 0.717) is 30.7 Å². The number of hydrogen-bond donors (Lipinski definition) is 2. The van der Waals surface area contributed by atoms with Crippen LogP contribution < -0.4 is 15.5 Å². The van der Waals surface area contributed by atoms with Gasteiger partial charge < -0.3 is 15.5 Å². The Balaban J connectivity index is 0.00000280. The summed E-state index contributed by atoms with van der Waals surface area (Å²) in [6, 6.07) is 10.4. The molecule has 0 aliphatic carbocycles. The molecule has 4 nitrogen and oxygen atoms in total. The van der Waals surface area contributed by atoms with E-state index in [1.807, 2.05) is 6.07 Å². The van der Waals surface area contributed by atoms with Gasteiger partial charge in [-0.15, -0.1) is 24.0 Å². The maximum atomic E-state index is 13.4. The molecule has 8 heteroatoms. The van der Waals surface area contributed by atoms with Gasteiger partial charge in [0.1, 0.15) is 5.82 Å². The second-order valence-electron chi connectivity index (χ2n) is 6.64. The first kappa shape index (κ1) is 22.3. The molecule has 0 bridgehead atoms. The third-order valence-electron chi connectivity index (χ3n) is 4.68. The van der Waals surface area contributed by atoms with Gasteiger partial charge in [0.15, 0.2) is 17.6 Å². The summed E-state index contributed by atoms with van der Waals surface area (Å²) in [5, 5.41) is 6.43. The van der Waals surface area contributed by atoms with Gasteiger partial charge >= 0.3 is 0 Å². The van der Waals surface area contributed by atoms with E-state index in [-0.39, 0.29) is 29.8 Å². The zero-order chi connectivity index (χ0) is 19.2. The van der Waals surface area contributed by atoms with Crippen LogP contribution in [0.4, 0.5) is 18.9 Å². The Kier molecular flexibility index (Phi) is 8.40. The predicted molar refractivity (Wildman–Crippen MR) is 117 cm³/mol. The van der Waals surface area contributed by atoms with Gasteiger partial charge in [-0.3, -0.25) is 4.99 Å². The van der Waals surface area contributed by atoms with Crippen molar-refractivity contribution in [3.05, 3.63) is 65.5 Å². The highest BCUT2D eigenvalue weighted by molar-refractivity contribution is 14.0. The Morgan fingerprint density at radius 2 is 1.93 bits per heavy atom. The second-order valence-corrected chi connectivity index (χ2v) is 6.64. The van der Waals surface area contributed by atoms with Gasteiger partial charge in [0.25, 0.3) is 0 Å². The molecule has 152 valence electrons. The highest BCUT2D eigenvalue weighted by Gasteiger charge is 2.23. The second kappa shape index (κ2) is 10.5.